The van der Waals surface area contributed by atoms with Crippen LogP contribution in [0.2, 0.25) is 0 Å². The second-order valence-electron chi connectivity index (χ2n) is 7.32. The molecular weight excluding hydrogens is 396 g/mol. The molecule has 0 aliphatic rings. The molecule has 0 heterocycles. The Hall–Kier alpha value is -2.47. The lowest BCUT2D eigenvalue weighted by Crippen LogP contribution is -2.48. The fourth-order valence-electron chi connectivity index (χ4n) is 2.93. The number of ether oxygens (including phenoxy) is 1. The van der Waals surface area contributed by atoms with Gasteiger partial charge in [0.05, 0.1) is 12.9 Å². The highest BCUT2D eigenvalue weighted by atomic mass is 32.2. The van der Waals surface area contributed by atoms with Crippen LogP contribution in [0.4, 0.5) is 0 Å². The first-order chi connectivity index (χ1) is 14.4. The first kappa shape index (κ1) is 23.8. The van der Waals surface area contributed by atoms with Crippen LogP contribution in [0.15, 0.2) is 48.5 Å². The summed E-state index contributed by atoms with van der Waals surface area (Å²) in [5.74, 6) is 1.69. The highest BCUT2D eigenvalue weighted by Crippen LogP contribution is 2.18. The molecule has 2 rings (SSSR count). The summed E-state index contributed by atoms with van der Waals surface area (Å²) in [4.78, 5) is 27.2. The van der Waals surface area contributed by atoms with Crippen molar-refractivity contribution in [3.63, 3.8) is 0 Å². The Morgan fingerprint density at radius 3 is 2.30 bits per heavy atom. The molecule has 0 radical (unpaired) electrons. The fourth-order valence-corrected chi connectivity index (χ4v) is 3.80. The highest BCUT2D eigenvalue weighted by Gasteiger charge is 2.25. The summed E-state index contributed by atoms with van der Waals surface area (Å²) in [6.45, 7) is 6.84. The number of benzene rings is 2. The molecule has 2 aromatic carbocycles. The Balaban J connectivity index is 2.04. The van der Waals surface area contributed by atoms with E-state index >= 15 is 0 Å². The lowest BCUT2D eigenvalue weighted by molar-refractivity contribution is -0.138. The summed E-state index contributed by atoms with van der Waals surface area (Å²) in [5.41, 5.74) is 3.37. The van der Waals surface area contributed by atoms with Crippen molar-refractivity contribution in [1.82, 2.24) is 10.2 Å². The molecule has 6 heteroatoms. The molecular formula is C24H32N2O3S. The third-order valence-corrected chi connectivity index (χ3v) is 5.83. The Morgan fingerprint density at radius 2 is 1.70 bits per heavy atom. The molecule has 2 aromatic rings. The van der Waals surface area contributed by atoms with Crippen LogP contribution >= 0.6 is 11.8 Å². The standard InChI is InChI=1S/C24H32N2O3S/c1-5-14-25-24(28)19(3)26(15-20-10-12-22(29-4)13-11-20)23(27)17-30-16-21-8-6-18(2)7-9-21/h6-13,19H,5,14-17H2,1-4H3,(H,25,28). The van der Waals surface area contributed by atoms with Crippen LogP contribution < -0.4 is 10.1 Å². The molecule has 30 heavy (non-hydrogen) atoms. The van der Waals surface area contributed by atoms with E-state index in [0.717, 1.165) is 23.5 Å². The Morgan fingerprint density at radius 1 is 1.07 bits per heavy atom. The lowest BCUT2D eigenvalue weighted by Gasteiger charge is -2.28. The normalized spacial score (nSPS) is 11.6. The van der Waals surface area contributed by atoms with Crippen LogP contribution in [0.5, 0.6) is 5.75 Å². The van der Waals surface area contributed by atoms with Gasteiger partial charge in [0.1, 0.15) is 11.8 Å². The maximum atomic E-state index is 13.0. The number of methoxy groups -OCH3 is 1. The number of aryl methyl sites for hydroxylation is 1. The molecule has 162 valence electrons. The van der Waals surface area contributed by atoms with Gasteiger partial charge in [0.2, 0.25) is 11.8 Å². The number of nitrogens with one attached hydrogen (secondary N) is 1. The Bertz CT molecular complexity index is 806. The molecule has 0 spiro atoms. The monoisotopic (exact) mass is 428 g/mol. The SMILES string of the molecule is CCCNC(=O)C(C)N(Cc1ccc(OC)cc1)C(=O)CSCc1ccc(C)cc1. The minimum Gasteiger partial charge on any atom is -0.497 e. The number of carbonyl (C=O) groups is 2. The zero-order valence-corrected chi connectivity index (χ0v) is 19.1. The van der Waals surface area contributed by atoms with Gasteiger partial charge in [-0.05, 0) is 43.5 Å². The average molecular weight is 429 g/mol. The van der Waals surface area contributed by atoms with Crippen molar-refractivity contribution in [1.29, 1.82) is 0 Å². The Labute approximate surface area is 184 Å². The van der Waals surface area contributed by atoms with Crippen LogP contribution in [-0.4, -0.2) is 42.2 Å². The number of hydrogen-bond acceptors (Lipinski definition) is 4. The van der Waals surface area contributed by atoms with Crippen LogP contribution in [0.3, 0.4) is 0 Å². The van der Waals surface area contributed by atoms with E-state index in [9.17, 15) is 9.59 Å². The number of rotatable bonds is 11. The molecule has 2 amide bonds. The molecule has 0 aliphatic heterocycles. The third kappa shape index (κ3) is 7.41. The van der Waals surface area contributed by atoms with Crippen molar-refractivity contribution in [2.75, 3.05) is 19.4 Å². The van der Waals surface area contributed by atoms with E-state index in [-0.39, 0.29) is 11.8 Å². The second-order valence-corrected chi connectivity index (χ2v) is 8.30. The van der Waals surface area contributed by atoms with Gasteiger partial charge >= 0.3 is 0 Å². The number of nitrogens with zero attached hydrogens (tertiary/aromatic N) is 1. The molecule has 0 saturated heterocycles. The van der Waals surface area contributed by atoms with Crippen LogP contribution in [-0.2, 0) is 21.9 Å². The predicted molar refractivity (Wildman–Crippen MR) is 124 cm³/mol. The van der Waals surface area contributed by atoms with Crippen molar-refractivity contribution in [2.24, 2.45) is 0 Å². The molecule has 0 bridgehead atoms. The first-order valence-corrected chi connectivity index (χ1v) is 11.4. The lowest BCUT2D eigenvalue weighted by atomic mass is 10.1. The first-order valence-electron chi connectivity index (χ1n) is 10.3. The van der Waals surface area contributed by atoms with E-state index in [2.05, 4.69) is 36.5 Å². The third-order valence-electron chi connectivity index (χ3n) is 4.84. The maximum absolute atomic E-state index is 13.0. The van der Waals surface area contributed by atoms with Gasteiger partial charge in [0, 0.05) is 18.8 Å². The molecule has 1 unspecified atom stereocenters. The van der Waals surface area contributed by atoms with E-state index in [1.807, 2.05) is 31.2 Å². The summed E-state index contributed by atoms with van der Waals surface area (Å²) in [6, 6.07) is 15.4. The minimum absolute atomic E-state index is 0.0397. The van der Waals surface area contributed by atoms with E-state index in [1.165, 1.54) is 11.1 Å². The van der Waals surface area contributed by atoms with Crippen molar-refractivity contribution in [3.8, 4) is 5.75 Å². The molecule has 5 nitrogen and oxygen atoms in total. The van der Waals surface area contributed by atoms with Gasteiger partial charge in [-0.1, -0.05) is 48.9 Å². The largest absolute Gasteiger partial charge is 0.497 e. The summed E-state index contributed by atoms with van der Waals surface area (Å²) < 4.78 is 5.21. The molecule has 0 aromatic heterocycles. The number of amides is 2. The fraction of sp³-hybridized carbons (Fsp3) is 0.417. The van der Waals surface area contributed by atoms with Crippen molar-refractivity contribution in [3.05, 3.63) is 65.2 Å². The van der Waals surface area contributed by atoms with Gasteiger partial charge in [-0.3, -0.25) is 9.59 Å². The van der Waals surface area contributed by atoms with Gasteiger partial charge in [-0.2, -0.15) is 0 Å². The van der Waals surface area contributed by atoms with Crippen molar-refractivity contribution < 1.29 is 14.3 Å². The summed E-state index contributed by atoms with van der Waals surface area (Å²) in [5, 5.41) is 2.90. The predicted octanol–water partition coefficient (Wildman–Crippen LogP) is 4.18. The number of thioether (sulfide) groups is 1. The topological polar surface area (TPSA) is 58.6 Å². The molecule has 1 N–H and O–H groups in total. The van der Waals surface area contributed by atoms with Gasteiger partial charge in [-0.15, -0.1) is 11.8 Å². The molecule has 0 saturated carbocycles. The van der Waals surface area contributed by atoms with Gasteiger partial charge < -0.3 is 15.0 Å². The molecule has 0 fully saturated rings. The van der Waals surface area contributed by atoms with E-state index in [1.54, 1.807) is 30.7 Å². The van der Waals surface area contributed by atoms with E-state index in [0.29, 0.717) is 18.8 Å². The van der Waals surface area contributed by atoms with Crippen LogP contribution in [0.1, 0.15) is 37.0 Å². The number of hydrogen-bond donors (Lipinski definition) is 1. The van der Waals surface area contributed by atoms with Gasteiger partial charge in [0.25, 0.3) is 0 Å². The van der Waals surface area contributed by atoms with Crippen molar-refractivity contribution >= 4 is 23.6 Å². The summed E-state index contributed by atoms with van der Waals surface area (Å²) >= 11 is 1.57. The summed E-state index contributed by atoms with van der Waals surface area (Å²) in [7, 11) is 1.62. The van der Waals surface area contributed by atoms with E-state index in [4.69, 9.17) is 4.74 Å². The van der Waals surface area contributed by atoms with E-state index < -0.39 is 6.04 Å². The molecule has 0 aliphatic carbocycles. The zero-order valence-electron chi connectivity index (χ0n) is 18.3. The quantitative estimate of drug-likeness (QED) is 0.583. The average Bonchev–Trinajstić information content (AvgIpc) is 2.77. The highest BCUT2D eigenvalue weighted by molar-refractivity contribution is 7.99. The Kier molecular flexibility index (Phi) is 9.74. The molecule has 1 atom stereocenters. The van der Waals surface area contributed by atoms with Gasteiger partial charge in [0.15, 0.2) is 0 Å². The smallest absolute Gasteiger partial charge is 0.242 e. The van der Waals surface area contributed by atoms with Gasteiger partial charge in [-0.25, -0.2) is 0 Å². The number of carbonyl (C=O) groups excluding carboxylic acids is 2. The maximum Gasteiger partial charge on any atom is 0.242 e. The second kappa shape index (κ2) is 12.3. The zero-order chi connectivity index (χ0) is 21.9. The van der Waals surface area contributed by atoms with Crippen molar-refractivity contribution in [2.45, 2.75) is 45.5 Å². The summed E-state index contributed by atoms with van der Waals surface area (Å²) in [6.07, 6.45) is 0.858. The van der Waals surface area contributed by atoms with Crippen LogP contribution in [0, 0.1) is 6.92 Å². The van der Waals surface area contributed by atoms with Crippen LogP contribution in [0.25, 0.3) is 0 Å². The minimum atomic E-state index is -0.536.